The largest absolute Gasteiger partial charge is 0.340 e. The van der Waals surface area contributed by atoms with Crippen molar-refractivity contribution in [2.24, 2.45) is 0 Å². The van der Waals surface area contributed by atoms with E-state index in [0.29, 0.717) is 0 Å². The average Bonchev–Trinajstić information content (AvgIpc) is 2.72. The number of hydrogen-bond donors (Lipinski definition) is 1. The molecule has 0 unspecified atom stereocenters. The minimum atomic E-state index is 0.0168. The van der Waals surface area contributed by atoms with E-state index in [1.54, 1.807) is 18.3 Å². The predicted molar refractivity (Wildman–Crippen MR) is 68.2 cm³/mol. The van der Waals surface area contributed by atoms with Crippen molar-refractivity contribution in [1.29, 1.82) is 0 Å². The van der Waals surface area contributed by atoms with E-state index in [1.165, 1.54) is 5.56 Å². The molecule has 0 bridgehead atoms. The van der Waals surface area contributed by atoms with Gasteiger partial charge in [-0.25, -0.2) is 0 Å². The van der Waals surface area contributed by atoms with Crippen LogP contribution in [0.3, 0.4) is 0 Å². The van der Waals surface area contributed by atoms with Gasteiger partial charge in [-0.1, -0.05) is 24.3 Å². The first kappa shape index (κ1) is 9.90. The van der Waals surface area contributed by atoms with Crippen LogP contribution in [0.15, 0.2) is 53.6 Å². The molecular weight excluding hydrogens is 212 g/mol. The quantitative estimate of drug-likeness (QED) is 0.677. The number of aryl methyl sites for hydroxylation is 1. The molecule has 0 fully saturated rings. The number of H-pyrrole nitrogens is 1. The van der Waals surface area contributed by atoms with Gasteiger partial charge in [0.15, 0.2) is 5.43 Å². The summed E-state index contributed by atoms with van der Waals surface area (Å²) < 4.78 is 1.92. The van der Waals surface area contributed by atoms with Crippen LogP contribution >= 0.6 is 0 Å². The molecule has 1 aromatic carbocycles. The monoisotopic (exact) mass is 224 g/mol. The topological polar surface area (TPSA) is 37.3 Å². The van der Waals surface area contributed by atoms with Gasteiger partial charge in [0.25, 0.3) is 0 Å². The molecule has 0 saturated heterocycles. The third-order valence-corrected chi connectivity index (χ3v) is 2.92. The molecule has 0 aliphatic heterocycles. The predicted octanol–water partition coefficient (Wildman–Crippen LogP) is 2.60. The molecule has 1 N–H and O–H groups in total. The molecular formula is C14H12N2O. The van der Waals surface area contributed by atoms with Crippen LogP contribution in [0.1, 0.15) is 5.56 Å². The van der Waals surface area contributed by atoms with Gasteiger partial charge in [0.2, 0.25) is 0 Å². The van der Waals surface area contributed by atoms with Gasteiger partial charge >= 0.3 is 0 Å². The number of rotatable bonds is 1. The van der Waals surface area contributed by atoms with Crippen LogP contribution in [0.4, 0.5) is 0 Å². The Kier molecular flexibility index (Phi) is 2.11. The highest BCUT2D eigenvalue weighted by Gasteiger charge is 2.04. The van der Waals surface area contributed by atoms with Gasteiger partial charge in [-0.3, -0.25) is 4.79 Å². The molecule has 2 heterocycles. The van der Waals surface area contributed by atoms with Crippen molar-refractivity contribution in [2.45, 2.75) is 6.92 Å². The number of aromatic nitrogens is 2. The standard InChI is InChI=1S/C14H12N2O/c1-10-4-2-3-5-12(10)13-9-16-7-6-11(17)8-14(16)15-13/h2-9,15H,1H3. The number of nitrogens with zero attached hydrogens (tertiary/aromatic N) is 1. The minimum Gasteiger partial charge on any atom is -0.340 e. The summed E-state index contributed by atoms with van der Waals surface area (Å²) in [6, 6.07) is 11.3. The number of nitrogens with one attached hydrogen (secondary N) is 1. The van der Waals surface area contributed by atoms with E-state index in [0.717, 1.165) is 16.9 Å². The van der Waals surface area contributed by atoms with Crippen molar-refractivity contribution in [3.63, 3.8) is 0 Å². The highest BCUT2D eigenvalue weighted by molar-refractivity contribution is 5.65. The number of hydrogen-bond acceptors (Lipinski definition) is 1. The van der Waals surface area contributed by atoms with Crippen LogP contribution in [0, 0.1) is 6.92 Å². The lowest BCUT2D eigenvalue weighted by Gasteiger charge is -2.00. The maximum absolute atomic E-state index is 11.3. The molecule has 3 rings (SSSR count). The van der Waals surface area contributed by atoms with Gasteiger partial charge in [-0.2, -0.15) is 0 Å². The molecule has 3 aromatic rings. The lowest BCUT2D eigenvalue weighted by atomic mass is 10.1. The van der Waals surface area contributed by atoms with Crippen molar-refractivity contribution in [2.75, 3.05) is 0 Å². The number of aromatic amines is 1. The number of fused-ring (bicyclic) bond motifs is 1. The zero-order chi connectivity index (χ0) is 11.8. The molecule has 0 radical (unpaired) electrons. The number of imidazole rings is 1. The molecule has 0 atom stereocenters. The summed E-state index contributed by atoms with van der Waals surface area (Å²) >= 11 is 0. The van der Waals surface area contributed by atoms with Crippen LogP contribution in [0.25, 0.3) is 16.9 Å². The highest BCUT2D eigenvalue weighted by atomic mass is 16.1. The van der Waals surface area contributed by atoms with Gasteiger partial charge in [-0.05, 0) is 12.5 Å². The second-order valence-electron chi connectivity index (χ2n) is 4.14. The fraction of sp³-hybridized carbons (Fsp3) is 0.0714. The van der Waals surface area contributed by atoms with E-state index in [1.807, 2.05) is 22.7 Å². The van der Waals surface area contributed by atoms with Crippen molar-refractivity contribution in [3.8, 4) is 11.3 Å². The molecule has 0 aliphatic rings. The Bertz CT molecular complexity index is 737. The summed E-state index contributed by atoms with van der Waals surface area (Å²) in [6.45, 7) is 2.07. The molecule has 3 nitrogen and oxygen atoms in total. The fourth-order valence-corrected chi connectivity index (χ4v) is 2.03. The number of pyridine rings is 1. The normalized spacial score (nSPS) is 10.9. The van der Waals surface area contributed by atoms with Gasteiger partial charge in [0.1, 0.15) is 5.65 Å². The van der Waals surface area contributed by atoms with E-state index in [-0.39, 0.29) is 5.43 Å². The number of benzene rings is 1. The summed E-state index contributed by atoms with van der Waals surface area (Å²) in [6.07, 6.45) is 3.77. The van der Waals surface area contributed by atoms with Crippen molar-refractivity contribution < 1.29 is 0 Å². The van der Waals surface area contributed by atoms with Gasteiger partial charge in [-0.15, -0.1) is 0 Å². The zero-order valence-corrected chi connectivity index (χ0v) is 9.47. The summed E-state index contributed by atoms with van der Waals surface area (Å²) in [7, 11) is 0. The van der Waals surface area contributed by atoms with Crippen molar-refractivity contribution >= 4 is 5.65 Å². The van der Waals surface area contributed by atoms with E-state index < -0.39 is 0 Å². The Morgan fingerprint density at radius 2 is 2.00 bits per heavy atom. The second-order valence-corrected chi connectivity index (χ2v) is 4.14. The van der Waals surface area contributed by atoms with E-state index in [2.05, 4.69) is 24.0 Å². The summed E-state index contributed by atoms with van der Waals surface area (Å²) in [5.41, 5.74) is 4.22. The maximum atomic E-state index is 11.3. The lowest BCUT2D eigenvalue weighted by molar-refractivity contribution is 1.18. The Balaban J connectivity index is 2.25. The molecule has 17 heavy (non-hydrogen) atoms. The fourth-order valence-electron chi connectivity index (χ4n) is 2.03. The van der Waals surface area contributed by atoms with Crippen LogP contribution in [0.2, 0.25) is 0 Å². The summed E-state index contributed by atoms with van der Waals surface area (Å²) in [5.74, 6) is 0. The molecule has 0 amide bonds. The smallest absolute Gasteiger partial charge is 0.183 e. The van der Waals surface area contributed by atoms with Gasteiger partial charge < -0.3 is 9.38 Å². The van der Waals surface area contributed by atoms with E-state index in [4.69, 9.17) is 0 Å². The Hall–Kier alpha value is -2.29. The summed E-state index contributed by atoms with van der Waals surface area (Å²) in [4.78, 5) is 14.5. The van der Waals surface area contributed by atoms with Crippen LogP contribution < -0.4 is 5.43 Å². The van der Waals surface area contributed by atoms with Gasteiger partial charge in [0.05, 0.1) is 5.69 Å². The highest BCUT2D eigenvalue weighted by Crippen LogP contribution is 2.21. The SMILES string of the molecule is Cc1ccccc1-c1cn2ccc(=O)cc2[nH]1. The zero-order valence-electron chi connectivity index (χ0n) is 9.47. The van der Waals surface area contributed by atoms with E-state index >= 15 is 0 Å². The Morgan fingerprint density at radius 3 is 2.82 bits per heavy atom. The Morgan fingerprint density at radius 1 is 1.18 bits per heavy atom. The summed E-state index contributed by atoms with van der Waals surface area (Å²) in [5, 5.41) is 0. The third-order valence-electron chi connectivity index (χ3n) is 2.92. The lowest BCUT2D eigenvalue weighted by Crippen LogP contribution is -1.97. The second kappa shape index (κ2) is 3.63. The average molecular weight is 224 g/mol. The van der Waals surface area contributed by atoms with Gasteiger partial charge in [0, 0.05) is 30.1 Å². The van der Waals surface area contributed by atoms with E-state index in [9.17, 15) is 4.79 Å². The molecule has 0 saturated carbocycles. The first-order valence-corrected chi connectivity index (χ1v) is 5.51. The molecule has 0 aliphatic carbocycles. The van der Waals surface area contributed by atoms with Crippen molar-refractivity contribution in [3.05, 3.63) is 64.6 Å². The molecule has 2 aromatic heterocycles. The first-order valence-electron chi connectivity index (χ1n) is 5.51. The molecule has 0 spiro atoms. The molecule has 84 valence electrons. The minimum absolute atomic E-state index is 0.0168. The third kappa shape index (κ3) is 1.65. The maximum Gasteiger partial charge on any atom is 0.183 e. The first-order chi connectivity index (χ1) is 8.24. The Labute approximate surface area is 98.4 Å². The molecule has 3 heteroatoms. The van der Waals surface area contributed by atoms with Crippen LogP contribution in [-0.2, 0) is 0 Å². The van der Waals surface area contributed by atoms with Crippen LogP contribution in [0.5, 0.6) is 0 Å². The van der Waals surface area contributed by atoms with Crippen LogP contribution in [-0.4, -0.2) is 9.38 Å². The van der Waals surface area contributed by atoms with Crippen molar-refractivity contribution in [1.82, 2.24) is 9.38 Å².